The Labute approximate surface area is 108 Å². The number of rotatable bonds is 5. The van der Waals surface area contributed by atoms with Gasteiger partial charge in [0.05, 0.1) is 0 Å². The van der Waals surface area contributed by atoms with Crippen LogP contribution in [-0.4, -0.2) is 17.0 Å². The van der Waals surface area contributed by atoms with E-state index in [2.05, 4.69) is 48.1 Å². The highest BCUT2D eigenvalue weighted by molar-refractivity contribution is 5.80. The lowest BCUT2D eigenvalue weighted by atomic mass is 10.1. The molecule has 0 saturated carbocycles. The molecule has 3 nitrogen and oxygen atoms in total. The van der Waals surface area contributed by atoms with Gasteiger partial charge in [-0.25, -0.2) is 0 Å². The molecule has 1 N–H and O–H groups in total. The third-order valence-corrected chi connectivity index (χ3v) is 2.95. The lowest BCUT2D eigenvalue weighted by Crippen LogP contribution is -2.27. The van der Waals surface area contributed by atoms with Crippen molar-refractivity contribution in [2.45, 2.75) is 26.8 Å². The molecule has 0 spiro atoms. The molecule has 18 heavy (non-hydrogen) atoms. The minimum absolute atomic E-state index is 0.140. The van der Waals surface area contributed by atoms with E-state index in [4.69, 9.17) is 0 Å². The highest BCUT2D eigenvalue weighted by Crippen LogP contribution is 2.14. The van der Waals surface area contributed by atoms with Gasteiger partial charge >= 0.3 is 0 Å². The molecule has 2 aromatic rings. The zero-order valence-electron chi connectivity index (χ0n) is 11.0. The molecule has 2 rings (SSSR count). The van der Waals surface area contributed by atoms with E-state index in [-0.39, 0.29) is 5.91 Å². The number of benzene rings is 1. The Hall–Kier alpha value is -1.77. The van der Waals surface area contributed by atoms with Crippen LogP contribution in [0.5, 0.6) is 0 Å². The first-order chi connectivity index (χ1) is 8.66. The van der Waals surface area contributed by atoms with Crippen molar-refractivity contribution in [3.8, 4) is 0 Å². The summed E-state index contributed by atoms with van der Waals surface area (Å²) in [6, 6.07) is 10.4. The Kier molecular flexibility index (Phi) is 4.03. The predicted octanol–water partition coefficient (Wildman–Crippen LogP) is 2.80. The Bertz CT molecular complexity index is 528. The van der Waals surface area contributed by atoms with Gasteiger partial charge in [-0.2, -0.15) is 0 Å². The van der Waals surface area contributed by atoms with E-state index in [1.54, 1.807) is 0 Å². The van der Waals surface area contributed by atoms with E-state index in [1.807, 2.05) is 12.1 Å². The smallest absolute Gasteiger partial charge is 0.220 e. The molecule has 0 unspecified atom stereocenters. The molecular weight excluding hydrogens is 224 g/mol. The van der Waals surface area contributed by atoms with Crippen molar-refractivity contribution >= 4 is 16.8 Å². The summed E-state index contributed by atoms with van der Waals surface area (Å²) < 4.78 is 2.17. The first-order valence-corrected chi connectivity index (χ1v) is 6.47. The zero-order chi connectivity index (χ0) is 13.0. The van der Waals surface area contributed by atoms with Crippen molar-refractivity contribution in [2.75, 3.05) is 6.54 Å². The Morgan fingerprint density at radius 1 is 1.28 bits per heavy atom. The lowest BCUT2D eigenvalue weighted by molar-refractivity contribution is -0.121. The van der Waals surface area contributed by atoms with Crippen LogP contribution < -0.4 is 5.32 Å². The van der Waals surface area contributed by atoms with Gasteiger partial charge < -0.3 is 9.88 Å². The monoisotopic (exact) mass is 244 g/mol. The van der Waals surface area contributed by atoms with Crippen molar-refractivity contribution in [2.24, 2.45) is 5.92 Å². The number of para-hydroxylation sites is 1. The zero-order valence-corrected chi connectivity index (χ0v) is 11.0. The third-order valence-electron chi connectivity index (χ3n) is 2.95. The number of nitrogens with zero attached hydrogens (tertiary/aromatic N) is 1. The van der Waals surface area contributed by atoms with E-state index >= 15 is 0 Å². The molecular formula is C15H20N2O. The van der Waals surface area contributed by atoms with Gasteiger partial charge in [-0.15, -0.1) is 0 Å². The SMILES string of the molecule is CC(C)CC(=O)NCCn1ccc2ccccc21. The molecule has 0 aliphatic heterocycles. The molecule has 1 amide bonds. The first kappa shape index (κ1) is 12.7. The van der Waals surface area contributed by atoms with Gasteiger partial charge in [0.25, 0.3) is 0 Å². The maximum absolute atomic E-state index is 11.5. The van der Waals surface area contributed by atoms with Crippen LogP contribution in [0.25, 0.3) is 10.9 Å². The number of hydrogen-bond acceptors (Lipinski definition) is 1. The van der Waals surface area contributed by atoms with E-state index in [0.717, 1.165) is 6.54 Å². The summed E-state index contributed by atoms with van der Waals surface area (Å²) in [7, 11) is 0. The molecule has 1 aromatic heterocycles. The Morgan fingerprint density at radius 2 is 2.06 bits per heavy atom. The van der Waals surface area contributed by atoms with Gasteiger partial charge in [0.2, 0.25) is 5.91 Å². The van der Waals surface area contributed by atoms with Gasteiger partial charge in [0, 0.05) is 31.2 Å². The van der Waals surface area contributed by atoms with Gasteiger partial charge in [0.1, 0.15) is 0 Å². The third kappa shape index (κ3) is 3.13. The summed E-state index contributed by atoms with van der Waals surface area (Å²) in [5.74, 6) is 0.555. The highest BCUT2D eigenvalue weighted by atomic mass is 16.1. The second kappa shape index (κ2) is 5.71. The van der Waals surface area contributed by atoms with Crippen LogP contribution in [0.2, 0.25) is 0 Å². The number of amides is 1. The average Bonchev–Trinajstić information content (AvgIpc) is 2.72. The van der Waals surface area contributed by atoms with Crippen LogP contribution in [-0.2, 0) is 11.3 Å². The van der Waals surface area contributed by atoms with E-state index in [9.17, 15) is 4.79 Å². The van der Waals surface area contributed by atoms with Crippen molar-refractivity contribution in [1.29, 1.82) is 0 Å². The summed E-state index contributed by atoms with van der Waals surface area (Å²) in [5, 5.41) is 4.20. The van der Waals surface area contributed by atoms with Crippen LogP contribution in [0.15, 0.2) is 36.5 Å². The highest BCUT2D eigenvalue weighted by Gasteiger charge is 2.04. The predicted molar refractivity (Wildman–Crippen MR) is 74.4 cm³/mol. The number of nitrogens with one attached hydrogen (secondary N) is 1. The number of hydrogen-bond donors (Lipinski definition) is 1. The molecule has 0 radical (unpaired) electrons. The van der Waals surface area contributed by atoms with Crippen molar-refractivity contribution in [1.82, 2.24) is 9.88 Å². The lowest BCUT2D eigenvalue weighted by Gasteiger charge is -2.08. The van der Waals surface area contributed by atoms with Crippen LogP contribution in [0, 0.1) is 5.92 Å². The van der Waals surface area contributed by atoms with E-state index in [1.165, 1.54) is 10.9 Å². The molecule has 96 valence electrons. The molecule has 3 heteroatoms. The summed E-state index contributed by atoms with van der Waals surface area (Å²) in [5.41, 5.74) is 1.22. The van der Waals surface area contributed by atoms with E-state index < -0.39 is 0 Å². The summed E-state index contributed by atoms with van der Waals surface area (Å²) in [6.07, 6.45) is 2.67. The largest absolute Gasteiger partial charge is 0.354 e. The molecule has 0 saturated heterocycles. The van der Waals surface area contributed by atoms with Gasteiger partial charge in [-0.3, -0.25) is 4.79 Å². The fourth-order valence-corrected chi connectivity index (χ4v) is 2.09. The van der Waals surface area contributed by atoms with Crippen LogP contribution >= 0.6 is 0 Å². The molecule has 1 heterocycles. The fourth-order valence-electron chi connectivity index (χ4n) is 2.09. The molecule has 0 fully saturated rings. The van der Waals surface area contributed by atoms with Gasteiger partial charge in [-0.05, 0) is 23.4 Å². The molecule has 1 aromatic carbocycles. The van der Waals surface area contributed by atoms with Crippen molar-refractivity contribution in [3.05, 3.63) is 36.5 Å². The fraction of sp³-hybridized carbons (Fsp3) is 0.400. The second-order valence-electron chi connectivity index (χ2n) is 5.02. The maximum atomic E-state index is 11.5. The normalized spacial score (nSPS) is 11.1. The summed E-state index contributed by atoms with van der Waals surface area (Å²) in [4.78, 5) is 11.5. The number of aromatic nitrogens is 1. The molecule has 0 bridgehead atoms. The van der Waals surface area contributed by atoms with Gasteiger partial charge in [-0.1, -0.05) is 32.0 Å². The van der Waals surface area contributed by atoms with Crippen LogP contribution in [0.3, 0.4) is 0 Å². The van der Waals surface area contributed by atoms with Crippen molar-refractivity contribution < 1.29 is 4.79 Å². The quantitative estimate of drug-likeness (QED) is 0.862. The van der Waals surface area contributed by atoms with Crippen molar-refractivity contribution in [3.63, 3.8) is 0 Å². The van der Waals surface area contributed by atoms with E-state index in [0.29, 0.717) is 18.9 Å². The topological polar surface area (TPSA) is 34.0 Å². The minimum atomic E-state index is 0.140. The molecule has 0 aliphatic carbocycles. The molecule has 0 aliphatic rings. The van der Waals surface area contributed by atoms with Crippen LogP contribution in [0.4, 0.5) is 0 Å². The van der Waals surface area contributed by atoms with Gasteiger partial charge in [0.15, 0.2) is 0 Å². The maximum Gasteiger partial charge on any atom is 0.220 e. The second-order valence-corrected chi connectivity index (χ2v) is 5.02. The standard InChI is InChI=1S/C15H20N2O/c1-12(2)11-15(18)16-8-10-17-9-7-13-5-3-4-6-14(13)17/h3-7,9,12H,8,10-11H2,1-2H3,(H,16,18). The Morgan fingerprint density at radius 3 is 2.83 bits per heavy atom. The summed E-state index contributed by atoms with van der Waals surface area (Å²) in [6.45, 7) is 5.61. The first-order valence-electron chi connectivity index (χ1n) is 6.47. The molecule has 0 atom stereocenters. The Balaban J connectivity index is 1.89. The number of carbonyl (C=O) groups is 1. The minimum Gasteiger partial charge on any atom is -0.354 e. The summed E-state index contributed by atoms with van der Waals surface area (Å²) >= 11 is 0. The van der Waals surface area contributed by atoms with Crippen LogP contribution in [0.1, 0.15) is 20.3 Å². The number of carbonyl (C=O) groups excluding carboxylic acids is 1. The number of fused-ring (bicyclic) bond motifs is 1. The average molecular weight is 244 g/mol.